The van der Waals surface area contributed by atoms with Crippen molar-refractivity contribution in [3.05, 3.63) is 0 Å². The van der Waals surface area contributed by atoms with Gasteiger partial charge in [0.25, 0.3) is 0 Å². The number of aliphatic carboxylic acids is 1. The summed E-state index contributed by atoms with van der Waals surface area (Å²) in [7, 11) is 0. The summed E-state index contributed by atoms with van der Waals surface area (Å²) < 4.78 is 0. The molecule has 1 N–H and O–H groups in total. The van der Waals surface area contributed by atoms with Gasteiger partial charge in [0, 0.05) is 12.8 Å². The Kier molecular flexibility index (Phi) is 20.8. The third kappa shape index (κ3) is 20.4. The van der Waals surface area contributed by atoms with Gasteiger partial charge in [0.05, 0.1) is 5.92 Å². The number of carbonyl (C=O) groups is 2. The van der Waals surface area contributed by atoms with Gasteiger partial charge in [-0.25, -0.2) is 0 Å². The number of hydrogen-bond acceptors (Lipinski definition) is 2. The maximum atomic E-state index is 12.0. The molecule has 0 aliphatic heterocycles. The van der Waals surface area contributed by atoms with Crippen molar-refractivity contribution in [2.75, 3.05) is 0 Å². The Morgan fingerprint density at radius 3 is 1.43 bits per heavy atom. The molecule has 0 rings (SSSR count). The van der Waals surface area contributed by atoms with Gasteiger partial charge < -0.3 is 5.11 Å². The Hall–Kier alpha value is -0.860. The fourth-order valence-corrected chi connectivity index (χ4v) is 4.27. The fraction of sp³-hybridized carbons (Fsp3) is 0.926. The zero-order valence-corrected chi connectivity index (χ0v) is 20.6. The molecule has 0 fully saturated rings. The van der Waals surface area contributed by atoms with E-state index in [1.165, 1.54) is 77.0 Å². The van der Waals surface area contributed by atoms with Gasteiger partial charge in [-0.05, 0) is 31.6 Å². The minimum Gasteiger partial charge on any atom is -0.481 e. The average molecular weight is 425 g/mol. The number of unbranched alkanes of at least 4 members (excludes halogenated alkanes) is 14. The van der Waals surface area contributed by atoms with Crippen molar-refractivity contribution in [3.63, 3.8) is 0 Å². The van der Waals surface area contributed by atoms with Gasteiger partial charge in [-0.2, -0.15) is 0 Å². The molecule has 0 bridgehead atoms. The van der Waals surface area contributed by atoms with E-state index in [4.69, 9.17) is 0 Å². The van der Waals surface area contributed by atoms with Crippen molar-refractivity contribution in [1.82, 2.24) is 0 Å². The molecule has 0 radical (unpaired) electrons. The highest BCUT2D eigenvalue weighted by Crippen LogP contribution is 2.20. The molecule has 0 amide bonds. The number of carbonyl (C=O) groups excluding carboxylic acids is 1. The van der Waals surface area contributed by atoms with Crippen LogP contribution >= 0.6 is 0 Å². The van der Waals surface area contributed by atoms with E-state index in [1.54, 1.807) is 0 Å². The Balaban J connectivity index is 3.39. The first-order chi connectivity index (χ1) is 14.5. The van der Waals surface area contributed by atoms with Gasteiger partial charge in [0.2, 0.25) is 0 Å². The van der Waals surface area contributed by atoms with Crippen LogP contribution in [0.1, 0.15) is 149 Å². The van der Waals surface area contributed by atoms with E-state index in [1.807, 2.05) is 0 Å². The van der Waals surface area contributed by atoms with Gasteiger partial charge in [0.15, 0.2) is 0 Å². The normalized spacial score (nSPS) is 12.4. The highest BCUT2D eigenvalue weighted by Gasteiger charge is 2.18. The first kappa shape index (κ1) is 29.1. The zero-order valence-electron chi connectivity index (χ0n) is 20.6. The lowest BCUT2D eigenvalue weighted by molar-refractivity contribution is -0.142. The molecule has 0 aliphatic carbocycles. The van der Waals surface area contributed by atoms with E-state index in [-0.39, 0.29) is 5.92 Å². The van der Waals surface area contributed by atoms with Crippen molar-refractivity contribution in [1.29, 1.82) is 0 Å². The molecular weight excluding hydrogens is 372 g/mol. The maximum Gasteiger partial charge on any atom is 0.306 e. The molecule has 3 heteroatoms. The molecule has 0 aromatic carbocycles. The Labute approximate surface area is 187 Å². The Morgan fingerprint density at radius 2 is 1.03 bits per heavy atom. The molecule has 0 saturated carbocycles. The van der Waals surface area contributed by atoms with Crippen LogP contribution in [-0.4, -0.2) is 16.9 Å². The van der Waals surface area contributed by atoms with Gasteiger partial charge >= 0.3 is 5.97 Å². The summed E-state index contributed by atoms with van der Waals surface area (Å²) in [5, 5.41) is 9.26. The van der Waals surface area contributed by atoms with E-state index in [0.29, 0.717) is 18.1 Å². The second-order valence-corrected chi connectivity index (χ2v) is 9.80. The largest absolute Gasteiger partial charge is 0.481 e. The second kappa shape index (κ2) is 21.4. The fourth-order valence-electron chi connectivity index (χ4n) is 4.27. The highest BCUT2D eigenvalue weighted by atomic mass is 16.4. The third-order valence-corrected chi connectivity index (χ3v) is 6.17. The van der Waals surface area contributed by atoms with Crippen LogP contribution in [0.4, 0.5) is 0 Å². The summed E-state index contributed by atoms with van der Waals surface area (Å²) in [6.07, 6.45) is 23.1. The number of hydrogen-bond donors (Lipinski definition) is 1. The van der Waals surface area contributed by atoms with Crippen LogP contribution in [0.3, 0.4) is 0 Å². The van der Waals surface area contributed by atoms with Crippen LogP contribution in [0.5, 0.6) is 0 Å². The average Bonchev–Trinajstić information content (AvgIpc) is 2.70. The number of Topliss-reactive ketones (excluding diaryl/α,β-unsaturated/α-hetero) is 1. The van der Waals surface area contributed by atoms with Gasteiger partial charge in [-0.3, -0.25) is 9.59 Å². The third-order valence-electron chi connectivity index (χ3n) is 6.17. The summed E-state index contributed by atoms with van der Waals surface area (Å²) >= 11 is 0. The summed E-state index contributed by atoms with van der Waals surface area (Å²) in [6, 6.07) is 0. The molecule has 0 heterocycles. The monoisotopic (exact) mass is 424 g/mol. The molecule has 30 heavy (non-hydrogen) atoms. The van der Waals surface area contributed by atoms with Crippen molar-refractivity contribution in [2.45, 2.75) is 149 Å². The molecule has 1 atom stereocenters. The van der Waals surface area contributed by atoms with E-state index >= 15 is 0 Å². The number of ketones is 1. The maximum absolute atomic E-state index is 12.0. The second-order valence-electron chi connectivity index (χ2n) is 9.80. The lowest BCUT2D eigenvalue weighted by Gasteiger charge is -2.14. The van der Waals surface area contributed by atoms with Crippen molar-refractivity contribution in [2.24, 2.45) is 11.8 Å². The SMILES string of the molecule is CCCCCCCCCCCCCCCC(=O)CCCCC[C@H](CC(C)C)C(=O)O. The Morgan fingerprint density at radius 1 is 0.633 bits per heavy atom. The van der Waals surface area contributed by atoms with Crippen LogP contribution in [0.2, 0.25) is 0 Å². The van der Waals surface area contributed by atoms with Gasteiger partial charge in [0.1, 0.15) is 5.78 Å². The zero-order chi connectivity index (χ0) is 22.5. The molecule has 0 spiro atoms. The van der Waals surface area contributed by atoms with E-state index in [2.05, 4.69) is 20.8 Å². The first-order valence-electron chi connectivity index (χ1n) is 13.2. The molecular formula is C27H52O3. The van der Waals surface area contributed by atoms with Crippen LogP contribution in [-0.2, 0) is 9.59 Å². The molecule has 0 aromatic rings. The minimum absolute atomic E-state index is 0.216. The Bertz CT molecular complexity index is 403. The number of rotatable bonds is 23. The molecule has 0 aromatic heterocycles. The van der Waals surface area contributed by atoms with Crippen LogP contribution in [0.25, 0.3) is 0 Å². The summed E-state index contributed by atoms with van der Waals surface area (Å²) in [4.78, 5) is 23.3. The summed E-state index contributed by atoms with van der Waals surface area (Å²) in [5.41, 5.74) is 0. The van der Waals surface area contributed by atoms with E-state index in [9.17, 15) is 14.7 Å². The lowest BCUT2D eigenvalue weighted by Crippen LogP contribution is -2.16. The van der Waals surface area contributed by atoms with Gasteiger partial charge in [-0.1, -0.05) is 111 Å². The number of carboxylic acids is 1. The molecule has 3 nitrogen and oxygen atoms in total. The summed E-state index contributed by atoms with van der Waals surface area (Å²) in [6.45, 7) is 6.42. The van der Waals surface area contributed by atoms with Gasteiger partial charge in [-0.15, -0.1) is 0 Å². The minimum atomic E-state index is -0.665. The smallest absolute Gasteiger partial charge is 0.306 e. The van der Waals surface area contributed by atoms with E-state index < -0.39 is 5.97 Å². The molecule has 178 valence electrons. The molecule has 0 aliphatic rings. The summed E-state index contributed by atoms with van der Waals surface area (Å²) in [5.74, 6) is -0.0586. The standard InChI is InChI=1S/C27H52O3/c1-4-5-6-7-8-9-10-11-12-13-14-15-18-21-26(28)22-19-16-17-20-25(27(29)30)23-24(2)3/h24-25H,4-23H2,1-3H3,(H,29,30)/t25-/m1/s1. The molecule has 0 saturated heterocycles. The topological polar surface area (TPSA) is 54.4 Å². The first-order valence-corrected chi connectivity index (χ1v) is 13.2. The van der Waals surface area contributed by atoms with Crippen molar-refractivity contribution >= 4 is 11.8 Å². The quantitative estimate of drug-likeness (QED) is 0.167. The van der Waals surface area contributed by atoms with Crippen molar-refractivity contribution in [3.8, 4) is 0 Å². The number of carboxylic acid groups (broad SMARTS) is 1. The molecule has 0 unspecified atom stereocenters. The highest BCUT2D eigenvalue weighted by molar-refractivity contribution is 5.78. The predicted octanol–water partition coefficient (Wildman–Crippen LogP) is 8.73. The lowest BCUT2D eigenvalue weighted by atomic mass is 9.92. The van der Waals surface area contributed by atoms with Crippen LogP contribution < -0.4 is 0 Å². The van der Waals surface area contributed by atoms with Crippen molar-refractivity contribution < 1.29 is 14.7 Å². The predicted molar refractivity (Wildman–Crippen MR) is 129 cm³/mol. The van der Waals surface area contributed by atoms with Crippen LogP contribution in [0.15, 0.2) is 0 Å². The van der Waals surface area contributed by atoms with E-state index in [0.717, 1.165) is 44.9 Å². The van der Waals surface area contributed by atoms with Crippen LogP contribution in [0, 0.1) is 11.8 Å².